The Bertz CT molecular complexity index is 1820. The lowest BCUT2D eigenvalue weighted by molar-refractivity contribution is -0.138. The molecule has 2 saturated heterocycles. The van der Waals surface area contributed by atoms with Crippen LogP contribution in [-0.2, 0) is 47.0 Å². The number of nitrogens with one attached hydrogen (secondary N) is 1. The zero-order valence-corrected chi connectivity index (χ0v) is 29.3. The van der Waals surface area contributed by atoms with Gasteiger partial charge in [0, 0.05) is 81.5 Å². The summed E-state index contributed by atoms with van der Waals surface area (Å²) in [6.07, 6.45) is -0.938. The number of piperidine rings is 1. The maximum absolute atomic E-state index is 14.1. The molecule has 3 aliphatic heterocycles. The van der Waals surface area contributed by atoms with Crippen LogP contribution in [0.15, 0.2) is 30.3 Å². The first-order valence-corrected chi connectivity index (χ1v) is 19.2. The van der Waals surface area contributed by atoms with Crippen molar-refractivity contribution in [2.45, 2.75) is 70.1 Å². The molecule has 266 valence electrons. The van der Waals surface area contributed by atoms with E-state index in [2.05, 4.69) is 10.2 Å². The van der Waals surface area contributed by atoms with E-state index in [1.165, 1.54) is 28.6 Å². The number of halogens is 4. The minimum atomic E-state index is -4.70. The monoisotopic (exact) mass is 742 g/mol. The van der Waals surface area contributed by atoms with E-state index >= 15 is 0 Å². The molecule has 3 aliphatic rings. The number of aromatic nitrogens is 2. The Morgan fingerprint density at radius 1 is 1.12 bits per heavy atom. The van der Waals surface area contributed by atoms with Crippen LogP contribution in [0.4, 0.5) is 13.2 Å². The van der Waals surface area contributed by atoms with Crippen LogP contribution in [0.5, 0.6) is 0 Å². The number of fused-ring (bicyclic) bond motifs is 1. The number of nitrogens with zero attached hydrogens (tertiary/aromatic N) is 5. The van der Waals surface area contributed by atoms with Gasteiger partial charge in [-0.25, -0.2) is 8.42 Å². The van der Waals surface area contributed by atoms with Crippen molar-refractivity contribution in [3.05, 3.63) is 61.9 Å². The van der Waals surface area contributed by atoms with Crippen molar-refractivity contribution in [3.8, 4) is 11.3 Å². The highest BCUT2D eigenvalue weighted by Gasteiger charge is 2.36. The summed E-state index contributed by atoms with van der Waals surface area (Å²) in [5, 5.41) is 18.5. The first kappa shape index (κ1) is 35.8. The number of carbonyl (C=O) groups excluding carboxylic acids is 2. The molecule has 1 aromatic carbocycles. The predicted molar refractivity (Wildman–Crippen MR) is 179 cm³/mol. The van der Waals surface area contributed by atoms with Gasteiger partial charge in [-0.1, -0.05) is 17.7 Å². The number of aliphatic hydroxyl groups is 1. The van der Waals surface area contributed by atoms with Gasteiger partial charge < -0.3 is 20.2 Å². The summed E-state index contributed by atoms with van der Waals surface area (Å²) < 4.78 is 70.6. The molecule has 0 saturated carbocycles. The SMILES string of the molecule is CS(=O)(=O)N1CCc2c(c(-c3ccc(C(F)(F)F)c(CNC(=O)c4ccc(Cl)s4)c3)nn2CC(O)CN2CCC(N3CCCC3=O)CC2)C1. The molecule has 1 unspecified atom stereocenters. The molecule has 2 amide bonds. The first-order valence-electron chi connectivity index (χ1n) is 16.1. The number of benzene rings is 1. The number of thiophene rings is 1. The van der Waals surface area contributed by atoms with E-state index in [1.54, 1.807) is 4.68 Å². The van der Waals surface area contributed by atoms with Crippen LogP contribution >= 0.6 is 22.9 Å². The average Bonchev–Trinajstić information content (AvgIpc) is 3.77. The van der Waals surface area contributed by atoms with Crippen molar-refractivity contribution in [2.75, 3.05) is 39.0 Å². The summed E-state index contributed by atoms with van der Waals surface area (Å²) >= 11 is 6.92. The highest BCUT2D eigenvalue weighted by Crippen LogP contribution is 2.37. The van der Waals surface area contributed by atoms with Gasteiger partial charge in [-0.2, -0.15) is 22.6 Å². The number of β-amino-alcohol motifs (C(OH)–C–C–N with tert-alkyl or cyclic N) is 1. The predicted octanol–water partition coefficient (Wildman–Crippen LogP) is 3.98. The maximum Gasteiger partial charge on any atom is 0.416 e. The van der Waals surface area contributed by atoms with E-state index in [0.717, 1.165) is 62.6 Å². The van der Waals surface area contributed by atoms with Gasteiger partial charge >= 0.3 is 6.18 Å². The fourth-order valence-electron chi connectivity index (χ4n) is 7.02. The number of aliphatic hydroxyl groups excluding tert-OH is 1. The molecule has 0 aliphatic carbocycles. The van der Waals surface area contributed by atoms with Crippen molar-refractivity contribution < 1.29 is 36.3 Å². The minimum Gasteiger partial charge on any atom is -0.390 e. The molecule has 0 spiro atoms. The Hall–Kier alpha value is -3.02. The van der Waals surface area contributed by atoms with Gasteiger partial charge in [0.1, 0.15) is 0 Å². The van der Waals surface area contributed by atoms with Gasteiger partial charge in [-0.3, -0.25) is 14.3 Å². The van der Waals surface area contributed by atoms with Crippen LogP contribution in [0.25, 0.3) is 11.3 Å². The standard InChI is InChI=1S/C32H38ClF3N6O5S2/c1-49(46,47)40-14-10-26-24(19-40)30(38-42(26)18-23(43)17-39-12-8-22(9-13-39)41-11-2-3-29(41)44)20-4-5-25(32(34,35)36)21(15-20)16-37-31(45)27-6-7-28(33)48-27/h4-7,15,22-23,43H,2-3,8-14,16-19H2,1H3,(H,37,45). The Labute approximate surface area is 291 Å². The average molecular weight is 743 g/mol. The van der Waals surface area contributed by atoms with Crippen LogP contribution in [0.2, 0.25) is 4.34 Å². The minimum absolute atomic E-state index is 0.0193. The van der Waals surface area contributed by atoms with Gasteiger partial charge in [0.15, 0.2) is 0 Å². The van der Waals surface area contributed by atoms with Gasteiger partial charge in [-0.15, -0.1) is 11.3 Å². The molecule has 0 bridgehead atoms. The second-order valence-corrected chi connectivity index (χ2v) is 16.5. The molecular weight excluding hydrogens is 705 g/mol. The van der Waals surface area contributed by atoms with Crippen LogP contribution in [0.1, 0.15) is 57.7 Å². The fourth-order valence-corrected chi connectivity index (χ4v) is 8.76. The van der Waals surface area contributed by atoms with Crippen molar-refractivity contribution in [1.82, 2.24) is 29.2 Å². The van der Waals surface area contributed by atoms with Crippen molar-refractivity contribution in [1.29, 1.82) is 0 Å². The number of amides is 2. The molecule has 3 aromatic rings. The summed E-state index contributed by atoms with van der Waals surface area (Å²) in [6.45, 7) is 2.52. The van der Waals surface area contributed by atoms with Gasteiger partial charge in [-0.05, 0) is 49.1 Å². The molecule has 2 fully saturated rings. The zero-order chi connectivity index (χ0) is 35.1. The van der Waals surface area contributed by atoms with E-state index in [0.29, 0.717) is 46.2 Å². The summed E-state index contributed by atoms with van der Waals surface area (Å²) in [6, 6.07) is 6.80. The molecule has 6 rings (SSSR count). The van der Waals surface area contributed by atoms with Crippen molar-refractivity contribution in [3.63, 3.8) is 0 Å². The lowest BCUT2D eigenvalue weighted by Crippen LogP contribution is -2.47. The number of hydrogen-bond acceptors (Lipinski definition) is 8. The fraction of sp³-hybridized carbons (Fsp3) is 0.531. The third-order valence-corrected chi connectivity index (χ3v) is 11.9. The number of alkyl halides is 3. The van der Waals surface area contributed by atoms with Crippen LogP contribution in [-0.4, -0.2) is 100 Å². The van der Waals surface area contributed by atoms with E-state index < -0.39 is 40.3 Å². The molecule has 2 aromatic heterocycles. The summed E-state index contributed by atoms with van der Waals surface area (Å²) in [5.74, 6) is -0.357. The van der Waals surface area contributed by atoms with E-state index in [4.69, 9.17) is 16.7 Å². The topological polar surface area (TPSA) is 128 Å². The molecular formula is C32H38ClF3N6O5S2. The van der Waals surface area contributed by atoms with Crippen LogP contribution in [0.3, 0.4) is 0 Å². The largest absolute Gasteiger partial charge is 0.416 e. The van der Waals surface area contributed by atoms with E-state index in [-0.39, 0.29) is 42.0 Å². The van der Waals surface area contributed by atoms with E-state index in [9.17, 15) is 36.3 Å². The van der Waals surface area contributed by atoms with Gasteiger partial charge in [0.25, 0.3) is 5.91 Å². The second kappa shape index (κ2) is 14.3. The van der Waals surface area contributed by atoms with Crippen LogP contribution in [0, 0.1) is 0 Å². The highest BCUT2D eigenvalue weighted by atomic mass is 35.5. The zero-order valence-electron chi connectivity index (χ0n) is 26.9. The Balaban J connectivity index is 1.24. The third-order valence-electron chi connectivity index (χ3n) is 9.45. The molecule has 17 heteroatoms. The molecule has 5 heterocycles. The number of sulfonamides is 1. The van der Waals surface area contributed by atoms with Gasteiger partial charge in [0.05, 0.1) is 39.4 Å². The highest BCUT2D eigenvalue weighted by molar-refractivity contribution is 7.88. The summed E-state index contributed by atoms with van der Waals surface area (Å²) in [5.41, 5.74) is 0.819. The summed E-state index contributed by atoms with van der Waals surface area (Å²) in [7, 11) is -3.58. The first-order chi connectivity index (χ1) is 23.2. The third kappa shape index (κ3) is 8.15. The molecule has 2 N–H and O–H groups in total. The van der Waals surface area contributed by atoms with E-state index in [1.807, 2.05) is 4.90 Å². The van der Waals surface area contributed by atoms with Gasteiger partial charge in [0.2, 0.25) is 15.9 Å². The molecule has 49 heavy (non-hydrogen) atoms. The lowest BCUT2D eigenvalue weighted by atomic mass is 9.97. The normalized spacial score (nSPS) is 19.0. The van der Waals surface area contributed by atoms with Crippen molar-refractivity contribution in [2.24, 2.45) is 0 Å². The smallest absolute Gasteiger partial charge is 0.390 e. The summed E-state index contributed by atoms with van der Waals surface area (Å²) in [4.78, 5) is 29.2. The number of rotatable bonds is 10. The molecule has 1 atom stereocenters. The Kier molecular flexibility index (Phi) is 10.5. The molecule has 0 radical (unpaired) electrons. The Morgan fingerprint density at radius 2 is 1.88 bits per heavy atom. The quantitative estimate of drug-likeness (QED) is 0.322. The number of likely N-dealkylation sites (tertiary alicyclic amines) is 2. The number of hydrogen-bond donors (Lipinski definition) is 2. The Morgan fingerprint density at radius 3 is 2.51 bits per heavy atom. The lowest BCUT2D eigenvalue weighted by Gasteiger charge is -2.37. The van der Waals surface area contributed by atoms with Crippen LogP contribution < -0.4 is 5.32 Å². The maximum atomic E-state index is 14.1. The van der Waals surface area contributed by atoms with Crippen molar-refractivity contribution >= 4 is 44.8 Å². The molecule has 11 nitrogen and oxygen atoms in total. The second-order valence-electron chi connectivity index (χ2n) is 12.8. The number of carbonyl (C=O) groups is 2.